The Balaban J connectivity index is 2.51. The van der Waals surface area contributed by atoms with Crippen molar-refractivity contribution in [3.05, 3.63) is 29.8 Å². The molecule has 0 saturated heterocycles. The fourth-order valence-electron chi connectivity index (χ4n) is 1.83. The van der Waals surface area contributed by atoms with E-state index in [2.05, 4.69) is 13.8 Å². The summed E-state index contributed by atoms with van der Waals surface area (Å²) < 4.78 is 5.17. The second-order valence-electron chi connectivity index (χ2n) is 4.47. The molecule has 0 aromatic heterocycles. The smallest absolute Gasteiger partial charge is 0.306 e. The van der Waals surface area contributed by atoms with Crippen LogP contribution in [0.15, 0.2) is 24.3 Å². The van der Waals surface area contributed by atoms with Crippen LogP contribution in [0.1, 0.15) is 51.0 Å². The Morgan fingerprint density at radius 1 is 1.28 bits per heavy atom. The second-order valence-corrected chi connectivity index (χ2v) is 4.47. The number of hydrogen-bond donors (Lipinski definition) is 1. The Morgan fingerprint density at radius 2 is 1.94 bits per heavy atom. The van der Waals surface area contributed by atoms with Gasteiger partial charge in [0.05, 0.1) is 13.0 Å². The molecule has 1 aromatic rings. The highest BCUT2D eigenvalue weighted by molar-refractivity contribution is 5.70. The Labute approximate surface area is 109 Å². The number of carbonyl (C=O) groups is 1. The van der Waals surface area contributed by atoms with Gasteiger partial charge in [-0.05, 0) is 36.5 Å². The average molecular weight is 250 g/mol. The van der Waals surface area contributed by atoms with Crippen LogP contribution in [0.4, 0.5) is 0 Å². The van der Waals surface area contributed by atoms with Crippen molar-refractivity contribution >= 4 is 5.97 Å². The van der Waals surface area contributed by atoms with Crippen LogP contribution in [-0.2, 0) is 9.53 Å². The molecule has 0 aliphatic carbocycles. The van der Waals surface area contributed by atoms with Crippen LogP contribution >= 0.6 is 0 Å². The molecule has 1 unspecified atom stereocenters. The van der Waals surface area contributed by atoms with Crippen LogP contribution in [-0.4, -0.2) is 17.7 Å². The standard InChI is InChI=1S/C15H22O3/c1-3-5-10-18-15(17)11-12(4-2)13-6-8-14(16)9-7-13/h6-9,12,16H,3-5,10-11H2,1-2H3. The molecule has 0 amide bonds. The lowest BCUT2D eigenvalue weighted by molar-refractivity contribution is -0.144. The van der Waals surface area contributed by atoms with Crippen LogP contribution in [0.3, 0.4) is 0 Å². The molecule has 3 heteroatoms. The molecule has 0 fully saturated rings. The first-order chi connectivity index (χ1) is 8.67. The zero-order chi connectivity index (χ0) is 13.4. The van der Waals surface area contributed by atoms with Crippen molar-refractivity contribution in [2.75, 3.05) is 6.61 Å². The predicted molar refractivity (Wildman–Crippen MR) is 71.6 cm³/mol. The van der Waals surface area contributed by atoms with Gasteiger partial charge in [0.2, 0.25) is 0 Å². The van der Waals surface area contributed by atoms with Gasteiger partial charge in [0.1, 0.15) is 5.75 Å². The summed E-state index contributed by atoms with van der Waals surface area (Å²) in [4.78, 5) is 11.7. The molecule has 0 saturated carbocycles. The van der Waals surface area contributed by atoms with Crippen molar-refractivity contribution in [3.8, 4) is 5.75 Å². The van der Waals surface area contributed by atoms with Crippen molar-refractivity contribution < 1.29 is 14.6 Å². The van der Waals surface area contributed by atoms with E-state index in [1.165, 1.54) is 0 Å². The number of benzene rings is 1. The fraction of sp³-hybridized carbons (Fsp3) is 0.533. The van der Waals surface area contributed by atoms with Gasteiger partial charge in [0.25, 0.3) is 0 Å². The maximum absolute atomic E-state index is 11.7. The number of ether oxygens (including phenoxy) is 1. The molecule has 1 aromatic carbocycles. The summed E-state index contributed by atoms with van der Waals surface area (Å²) in [5, 5.41) is 9.24. The molecule has 0 spiro atoms. The number of hydrogen-bond acceptors (Lipinski definition) is 3. The van der Waals surface area contributed by atoms with E-state index >= 15 is 0 Å². The van der Waals surface area contributed by atoms with E-state index in [0.29, 0.717) is 13.0 Å². The number of unbranched alkanes of at least 4 members (excludes halogenated alkanes) is 1. The maximum Gasteiger partial charge on any atom is 0.306 e. The summed E-state index contributed by atoms with van der Waals surface area (Å²) in [5.74, 6) is 0.280. The van der Waals surface area contributed by atoms with Crippen LogP contribution < -0.4 is 0 Å². The third-order valence-electron chi connectivity index (χ3n) is 3.03. The number of phenolic OH excluding ortho intramolecular Hbond substituents is 1. The van der Waals surface area contributed by atoms with Gasteiger partial charge in [-0.1, -0.05) is 32.4 Å². The molecule has 18 heavy (non-hydrogen) atoms. The van der Waals surface area contributed by atoms with Gasteiger partial charge in [-0.25, -0.2) is 0 Å². The molecule has 0 radical (unpaired) electrons. The minimum absolute atomic E-state index is 0.136. The van der Waals surface area contributed by atoms with Crippen molar-refractivity contribution in [3.63, 3.8) is 0 Å². The van der Waals surface area contributed by atoms with Crippen molar-refractivity contribution in [2.24, 2.45) is 0 Å². The van der Waals surface area contributed by atoms with Crippen LogP contribution in [0.25, 0.3) is 0 Å². The van der Waals surface area contributed by atoms with Crippen LogP contribution in [0.5, 0.6) is 5.75 Å². The Morgan fingerprint density at radius 3 is 2.50 bits per heavy atom. The first-order valence-corrected chi connectivity index (χ1v) is 6.61. The minimum Gasteiger partial charge on any atom is -0.508 e. The molecule has 3 nitrogen and oxygen atoms in total. The second kappa shape index (κ2) is 7.75. The third-order valence-corrected chi connectivity index (χ3v) is 3.03. The summed E-state index contributed by atoms with van der Waals surface area (Å²) in [5.41, 5.74) is 1.07. The van der Waals surface area contributed by atoms with E-state index in [1.54, 1.807) is 12.1 Å². The first kappa shape index (κ1) is 14.6. The van der Waals surface area contributed by atoms with Crippen LogP contribution in [0, 0.1) is 0 Å². The van der Waals surface area contributed by atoms with Gasteiger partial charge in [0.15, 0.2) is 0 Å². The lowest BCUT2D eigenvalue weighted by Gasteiger charge is -2.14. The van der Waals surface area contributed by atoms with E-state index in [1.807, 2.05) is 12.1 Å². The highest BCUT2D eigenvalue weighted by atomic mass is 16.5. The molecule has 0 aliphatic rings. The SMILES string of the molecule is CCCCOC(=O)CC(CC)c1ccc(O)cc1. The number of carbonyl (C=O) groups excluding carboxylic acids is 1. The fourth-order valence-corrected chi connectivity index (χ4v) is 1.83. The van der Waals surface area contributed by atoms with Crippen molar-refractivity contribution in [1.29, 1.82) is 0 Å². The molecule has 0 aliphatic heterocycles. The summed E-state index contributed by atoms with van der Waals surface area (Å²) >= 11 is 0. The first-order valence-electron chi connectivity index (χ1n) is 6.61. The number of phenols is 1. The largest absolute Gasteiger partial charge is 0.508 e. The Hall–Kier alpha value is -1.51. The maximum atomic E-state index is 11.7. The molecule has 100 valence electrons. The van der Waals surface area contributed by atoms with Gasteiger partial charge in [0, 0.05) is 0 Å². The zero-order valence-corrected chi connectivity index (χ0v) is 11.2. The number of esters is 1. The molecule has 0 heterocycles. The third kappa shape index (κ3) is 4.78. The molecule has 1 atom stereocenters. The molecule has 1 N–H and O–H groups in total. The van der Waals surface area contributed by atoms with Gasteiger partial charge in [-0.2, -0.15) is 0 Å². The summed E-state index contributed by atoms with van der Waals surface area (Å²) in [6, 6.07) is 7.03. The summed E-state index contributed by atoms with van der Waals surface area (Å²) in [6.07, 6.45) is 3.24. The van der Waals surface area contributed by atoms with E-state index in [0.717, 1.165) is 24.8 Å². The summed E-state index contributed by atoms with van der Waals surface area (Å²) in [7, 11) is 0. The normalized spacial score (nSPS) is 12.1. The predicted octanol–water partition coefficient (Wildman–Crippen LogP) is 3.62. The molecule has 0 bridgehead atoms. The molecular weight excluding hydrogens is 228 g/mol. The highest BCUT2D eigenvalue weighted by Crippen LogP contribution is 2.25. The van der Waals surface area contributed by atoms with E-state index < -0.39 is 0 Å². The summed E-state index contributed by atoms with van der Waals surface area (Å²) in [6.45, 7) is 4.64. The quantitative estimate of drug-likeness (QED) is 0.594. The van der Waals surface area contributed by atoms with E-state index in [-0.39, 0.29) is 17.6 Å². The molecular formula is C15H22O3. The van der Waals surface area contributed by atoms with Gasteiger partial charge in [-0.15, -0.1) is 0 Å². The lowest BCUT2D eigenvalue weighted by Crippen LogP contribution is -2.11. The highest BCUT2D eigenvalue weighted by Gasteiger charge is 2.15. The Kier molecular flexibility index (Phi) is 6.26. The monoisotopic (exact) mass is 250 g/mol. The van der Waals surface area contributed by atoms with Crippen molar-refractivity contribution in [1.82, 2.24) is 0 Å². The minimum atomic E-state index is -0.136. The average Bonchev–Trinajstić information content (AvgIpc) is 2.37. The number of rotatable bonds is 7. The topological polar surface area (TPSA) is 46.5 Å². The van der Waals surface area contributed by atoms with Gasteiger partial charge >= 0.3 is 5.97 Å². The lowest BCUT2D eigenvalue weighted by atomic mass is 9.93. The van der Waals surface area contributed by atoms with Crippen LogP contribution in [0.2, 0.25) is 0 Å². The zero-order valence-electron chi connectivity index (χ0n) is 11.2. The number of aromatic hydroxyl groups is 1. The van der Waals surface area contributed by atoms with Gasteiger partial charge < -0.3 is 9.84 Å². The van der Waals surface area contributed by atoms with Gasteiger partial charge in [-0.3, -0.25) is 4.79 Å². The van der Waals surface area contributed by atoms with Crippen molar-refractivity contribution in [2.45, 2.75) is 45.4 Å². The Bertz CT molecular complexity index is 357. The van der Waals surface area contributed by atoms with E-state index in [9.17, 15) is 9.90 Å². The molecule has 1 rings (SSSR count). The van der Waals surface area contributed by atoms with E-state index in [4.69, 9.17) is 4.74 Å².